The van der Waals surface area contributed by atoms with Crippen molar-refractivity contribution in [2.45, 2.75) is 12.5 Å². The van der Waals surface area contributed by atoms with Gasteiger partial charge in [-0.2, -0.15) is 0 Å². The predicted octanol–water partition coefficient (Wildman–Crippen LogP) is 3.36. The van der Waals surface area contributed by atoms with Gasteiger partial charge in [-0.3, -0.25) is 16.3 Å². The summed E-state index contributed by atoms with van der Waals surface area (Å²) in [6, 6.07) is 7.89. The molecule has 0 spiro atoms. The number of hydrogen-bond donors (Lipinski definition) is 2. The Hall–Kier alpha value is -0.950. The van der Waals surface area contributed by atoms with E-state index in [1.165, 1.54) is 0 Å². The van der Waals surface area contributed by atoms with Crippen molar-refractivity contribution in [1.29, 1.82) is 0 Å². The first-order valence-electron chi connectivity index (χ1n) is 6.03. The van der Waals surface area contributed by atoms with Gasteiger partial charge in [-0.1, -0.05) is 15.9 Å². The lowest BCUT2D eigenvalue weighted by atomic mass is 10.00. The van der Waals surface area contributed by atoms with Gasteiger partial charge in [-0.25, -0.2) is 0 Å². The number of aromatic nitrogens is 1. The van der Waals surface area contributed by atoms with Crippen LogP contribution in [0.4, 0.5) is 0 Å². The maximum atomic E-state index is 5.69. The molecule has 1 aromatic carbocycles. The van der Waals surface area contributed by atoms with Crippen LogP contribution in [0.5, 0.6) is 5.75 Å². The van der Waals surface area contributed by atoms with Gasteiger partial charge in [0.1, 0.15) is 5.75 Å². The lowest BCUT2D eigenvalue weighted by Crippen LogP contribution is -2.29. The average Bonchev–Trinajstić information content (AvgIpc) is 2.45. The molecule has 0 amide bonds. The molecular formula is C14H15Br2N3O. The van der Waals surface area contributed by atoms with E-state index in [1.807, 2.05) is 24.3 Å². The van der Waals surface area contributed by atoms with Crippen LogP contribution in [0.15, 0.2) is 45.6 Å². The van der Waals surface area contributed by atoms with E-state index in [-0.39, 0.29) is 6.04 Å². The van der Waals surface area contributed by atoms with Gasteiger partial charge in [0.2, 0.25) is 0 Å². The second-order valence-electron chi connectivity index (χ2n) is 4.32. The minimum absolute atomic E-state index is 0.0387. The monoisotopic (exact) mass is 399 g/mol. The number of nitrogens with two attached hydrogens (primary N) is 1. The van der Waals surface area contributed by atoms with E-state index in [1.54, 1.807) is 19.5 Å². The van der Waals surface area contributed by atoms with Crippen molar-refractivity contribution in [3.63, 3.8) is 0 Å². The topological polar surface area (TPSA) is 60.2 Å². The summed E-state index contributed by atoms with van der Waals surface area (Å²) >= 11 is 6.90. The molecule has 20 heavy (non-hydrogen) atoms. The van der Waals surface area contributed by atoms with Crippen molar-refractivity contribution in [3.8, 4) is 5.75 Å². The minimum atomic E-state index is -0.0387. The Morgan fingerprint density at radius 1 is 1.25 bits per heavy atom. The minimum Gasteiger partial charge on any atom is -0.496 e. The average molecular weight is 401 g/mol. The molecule has 1 heterocycles. The van der Waals surface area contributed by atoms with Crippen molar-refractivity contribution in [1.82, 2.24) is 10.4 Å². The van der Waals surface area contributed by atoms with Gasteiger partial charge in [-0.15, -0.1) is 0 Å². The van der Waals surface area contributed by atoms with Crippen LogP contribution >= 0.6 is 31.9 Å². The number of ether oxygens (including phenoxy) is 1. The SMILES string of the molecule is COc1ccc(Br)cc1CC(NN)c1cncc(Br)c1. The second kappa shape index (κ2) is 7.17. The lowest BCUT2D eigenvalue weighted by Gasteiger charge is -2.18. The van der Waals surface area contributed by atoms with Gasteiger partial charge in [0.05, 0.1) is 13.2 Å². The molecule has 0 aliphatic rings. The second-order valence-corrected chi connectivity index (χ2v) is 6.15. The van der Waals surface area contributed by atoms with Crippen LogP contribution in [0.3, 0.4) is 0 Å². The van der Waals surface area contributed by atoms with Crippen LogP contribution in [-0.2, 0) is 6.42 Å². The van der Waals surface area contributed by atoms with Gasteiger partial charge in [0.15, 0.2) is 0 Å². The molecule has 4 nitrogen and oxygen atoms in total. The number of benzene rings is 1. The van der Waals surface area contributed by atoms with Crippen molar-refractivity contribution in [2.24, 2.45) is 5.84 Å². The van der Waals surface area contributed by atoms with E-state index in [4.69, 9.17) is 10.6 Å². The molecule has 0 saturated heterocycles. The molecule has 106 valence electrons. The van der Waals surface area contributed by atoms with Crippen LogP contribution in [0, 0.1) is 0 Å². The smallest absolute Gasteiger partial charge is 0.122 e. The fourth-order valence-corrected chi connectivity index (χ4v) is 2.81. The van der Waals surface area contributed by atoms with E-state index in [9.17, 15) is 0 Å². The third kappa shape index (κ3) is 3.79. The fourth-order valence-electron chi connectivity index (χ4n) is 2.02. The van der Waals surface area contributed by atoms with Crippen molar-refractivity contribution >= 4 is 31.9 Å². The van der Waals surface area contributed by atoms with E-state index >= 15 is 0 Å². The number of hydrazine groups is 1. The van der Waals surface area contributed by atoms with Gasteiger partial charge in [0.25, 0.3) is 0 Å². The number of methoxy groups -OCH3 is 1. The van der Waals surface area contributed by atoms with Crippen LogP contribution in [0.25, 0.3) is 0 Å². The summed E-state index contributed by atoms with van der Waals surface area (Å²) in [5.41, 5.74) is 4.92. The highest BCUT2D eigenvalue weighted by atomic mass is 79.9. The quantitative estimate of drug-likeness (QED) is 0.596. The molecule has 0 aliphatic heterocycles. The lowest BCUT2D eigenvalue weighted by molar-refractivity contribution is 0.405. The summed E-state index contributed by atoms with van der Waals surface area (Å²) in [5.74, 6) is 6.53. The van der Waals surface area contributed by atoms with Crippen molar-refractivity contribution in [3.05, 3.63) is 56.7 Å². The molecule has 0 bridgehead atoms. The third-order valence-corrected chi connectivity index (χ3v) is 3.92. The summed E-state index contributed by atoms with van der Waals surface area (Å²) in [6.07, 6.45) is 4.26. The molecule has 0 saturated carbocycles. The summed E-state index contributed by atoms with van der Waals surface area (Å²) in [6.45, 7) is 0. The van der Waals surface area contributed by atoms with Gasteiger partial charge in [-0.05, 0) is 57.7 Å². The van der Waals surface area contributed by atoms with E-state index in [0.29, 0.717) is 6.42 Å². The Labute approximate surface area is 135 Å². The molecule has 0 radical (unpaired) electrons. The summed E-state index contributed by atoms with van der Waals surface area (Å²) in [5, 5.41) is 0. The number of nitrogens with one attached hydrogen (secondary N) is 1. The molecule has 0 fully saturated rings. The summed E-state index contributed by atoms with van der Waals surface area (Å²) in [4.78, 5) is 4.17. The Kier molecular flexibility index (Phi) is 5.54. The third-order valence-electron chi connectivity index (χ3n) is 3.00. The van der Waals surface area contributed by atoms with Crippen molar-refractivity contribution < 1.29 is 4.74 Å². The summed E-state index contributed by atoms with van der Waals surface area (Å²) < 4.78 is 7.33. The molecule has 2 aromatic rings. The van der Waals surface area contributed by atoms with Crippen LogP contribution in [-0.4, -0.2) is 12.1 Å². The molecule has 1 atom stereocenters. The number of rotatable bonds is 5. The highest BCUT2D eigenvalue weighted by Crippen LogP contribution is 2.28. The van der Waals surface area contributed by atoms with Crippen LogP contribution < -0.4 is 16.0 Å². The standard InChI is InChI=1S/C14H15Br2N3O/c1-20-14-3-2-11(15)4-9(14)6-13(19-17)10-5-12(16)8-18-7-10/h2-5,7-8,13,19H,6,17H2,1H3. The van der Waals surface area contributed by atoms with Crippen molar-refractivity contribution in [2.75, 3.05) is 7.11 Å². The zero-order valence-electron chi connectivity index (χ0n) is 10.9. The highest BCUT2D eigenvalue weighted by Gasteiger charge is 2.14. The fraction of sp³-hybridized carbons (Fsp3) is 0.214. The number of hydrogen-bond acceptors (Lipinski definition) is 4. The molecule has 1 unspecified atom stereocenters. The van der Waals surface area contributed by atoms with Gasteiger partial charge < -0.3 is 4.74 Å². The largest absolute Gasteiger partial charge is 0.496 e. The van der Waals surface area contributed by atoms with E-state index < -0.39 is 0 Å². The van der Waals surface area contributed by atoms with Gasteiger partial charge in [0, 0.05) is 21.3 Å². The number of pyridine rings is 1. The molecular weight excluding hydrogens is 386 g/mol. The molecule has 3 N–H and O–H groups in total. The first kappa shape index (κ1) is 15.4. The molecule has 0 aliphatic carbocycles. The molecule has 2 rings (SSSR count). The summed E-state index contributed by atoms with van der Waals surface area (Å²) in [7, 11) is 1.66. The Morgan fingerprint density at radius 2 is 2.05 bits per heavy atom. The first-order valence-corrected chi connectivity index (χ1v) is 7.61. The highest BCUT2D eigenvalue weighted by molar-refractivity contribution is 9.10. The molecule has 1 aromatic heterocycles. The van der Waals surface area contributed by atoms with Crippen LogP contribution in [0.2, 0.25) is 0 Å². The first-order chi connectivity index (χ1) is 9.63. The zero-order chi connectivity index (χ0) is 14.5. The number of nitrogens with zero attached hydrogens (tertiary/aromatic N) is 1. The molecule has 6 heteroatoms. The van der Waals surface area contributed by atoms with Gasteiger partial charge >= 0.3 is 0 Å². The maximum Gasteiger partial charge on any atom is 0.122 e. The number of halogens is 2. The Bertz CT molecular complexity index is 592. The van der Waals surface area contributed by atoms with E-state index in [0.717, 1.165) is 25.8 Å². The predicted molar refractivity (Wildman–Crippen MR) is 86.4 cm³/mol. The van der Waals surface area contributed by atoms with E-state index in [2.05, 4.69) is 42.3 Å². The maximum absolute atomic E-state index is 5.69. The zero-order valence-corrected chi connectivity index (χ0v) is 14.1. The Balaban J connectivity index is 2.28. The van der Waals surface area contributed by atoms with Crippen LogP contribution in [0.1, 0.15) is 17.2 Å². The Morgan fingerprint density at radius 3 is 2.70 bits per heavy atom. The normalized spacial score (nSPS) is 12.2.